The summed E-state index contributed by atoms with van der Waals surface area (Å²) < 4.78 is 2.04. The molecule has 1 rings (SSSR count). The molecule has 1 aromatic heterocycles. The Morgan fingerprint density at radius 3 is 2.50 bits per heavy atom. The van der Waals surface area contributed by atoms with Crippen LogP contribution in [0, 0.1) is 25.2 Å². The Bertz CT molecular complexity index is 428. The van der Waals surface area contributed by atoms with Gasteiger partial charge in [0.15, 0.2) is 0 Å². The molecule has 18 heavy (non-hydrogen) atoms. The molecule has 0 spiro atoms. The molecule has 0 bridgehead atoms. The first-order chi connectivity index (χ1) is 8.54. The van der Waals surface area contributed by atoms with Crippen LogP contribution in [-0.4, -0.2) is 15.8 Å². The van der Waals surface area contributed by atoms with Crippen LogP contribution in [0.3, 0.4) is 0 Å². The molecule has 4 heteroatoms. The number of rotatable bonds is 6. The summed E-state index contributed by atoms with van der Waals surface area (Å²) >= 11 is 0. The Morgan fingerprint density at radius 2 is 2.06 bits per heavy atom. The van der Waals surface area contributed by atoms with Crippen molar-refractivity contribution in [3.8, 4) is 6.07 Å². The molecule has 0 aromatic carbocycles. The van der Waals surface area contributed by atoms with Crippen molar-refractivity contribution in [1.82, 2.24) is 15.1 Å². The van der Waals surface area contributed by atoms with Crippen molar-refractivity contribution in [2.24, 2.45) is 0 Å². The molecule has 1 N–H and O–H groups in total. The molecule has 0 amide bonds. The average molecular weight is 248 g/mol. The summed E-state index contributed by atoms with van der Waals surface area (Å²) in [5.41, 5.74) is 3.58. The standard InChI is InChI=1S/C14H24N4/c1-6-13(8-9-15)16-10(3)14-11(4)17-18(7-2)12(14)5/h10,13,16H,6-8H2,1-5H3. The molecule has 2 unspecified atom stereocenters. The molecule has 100 valence electrons. The number of nitriles is 1. The predicted octanol–water partition coefficient (Wildman–Crippen LogP) is 2.86. The van der Waals surface area contributed by atoms with Crippen LogP contribution in [0.15, 0.2) is 0 Å². The topological polar surface area (TPSA) is 53.6 Å². The van der Waals surface area contributed by atoms with Crippen LogP contribution in [0.4, 0.5) is 0 Å². The van der Waals surface area contributed by atoms with Gasteiger partial charge in [0.1, 0.15) is 0 Å². The van der Waals surface area contributed by atoms with Gasteiger partial charge in [-0.05, 0) is 34.1 Å². The summed E-state index contributed by atoms with van der Waals surface area (Å²) in [6.07, 6.45) is 1.53. The average Bonchev–Trinajstić information content (AvgIpc) is 2.63. The highest BCUT2D eigenvalue weighted by Crippen LogP contribution is 2.22. The summed E-state index contributed by atoms with van der Waals surface area (Å²) in [5.74, 6) is 0. The smallest absolute Gasteiger partial charge is 0.0644 e. The van der Waals surface area contributed by atoms with E-state index in [4.69, 9.17) is 5.26 Å². The number of aryl methyl sites for hydroxylation is 2. The zero-order valence-corrected chi connectivity index (χ0v) is 12.1. The van der Waals surface area contributed by atoms with Gasteiger partial charge in [-0.25, -0.2) is 0 Å². The van der Waals surface area contributed by atoms with Gasteiger partial charge in [-0.3, -0.25) is 4.68 Å². The fourth-order valence-corrected chi connectivity index (χ4v) is 2.51. The molecule has 0 saturated heterocycles. The van der Waals surface area contributed by atoms with Gasteiger partial charge in [0.05, 0.1) is 18.2 Å². The van der Waals surface area contributed by atoms with Gasteiger partial charge >= 0.3 is 0 Å². The molecule has 0 aliphatic heterocycles. The zero-order chi connectivity index (χ0) is 13.7. The van der Waals surface area contributed by atoms with Gasteiger partial charge in [0.25, 0.3) is 0 Å². The summed E-state index contributed by atoms with van der Waals surface area (Å²) in [6.45, 7) is 11.4. The monoisotopic (exact) mass is 248 g/mol. The fourth-order valence-electron chi connectivity index (χ4n) is 2.51. The van der Waals surface area contributed by atoms with Gasteiger partial charge < -0.3 is 5.32 Å². The summed E-state index contributed by atoms with van der Waals surface area (Å²) in [7, 11) is 0. The first-order valence-electron chi connectivity index (χ1n) is 6.71. The number of hydrogen-bond acceptors (Lipinski definition) is 3. The van der Waals surface area contributed by atoms with Crippen LogP contribution in [0.1, 0.15) is 56.6 Å². The van der Waals surface area contributed by atoms with E-state index in [1.807, 2.05) is 4.68 Å². The first-order valence-corrected chi connectivity index (χ1v) is 6.71. The van der Waals surface area contributed by atoms with Crippen LogP contribution in [0.5, 0.6) is 0 Å². The van der Waals surface area contributed by atoms with Crippen LogP contribution < -0.4 is 5.32 Å². The third kappa shape index (κ3) is 3.11. The van der Waals surface area contributed by atoms with Crippen LogP contribution in [0.25, 0.3) is 0 Å². The van der Waals surface area contributed by atoms with Crippen molar-refractivity contribution >= 4 is 0 Å². The zero-order valence-electron chi connectivity index (χ0n) is 12.1. The summed E-state index contributed by atoms with van der Waals surface area (Å²) in [6, 6.07) is 2.74. The molecular formula is C14H24N4. The van der Waals surface area contributed by atoms with E-state index < -0.39 is 0 Å². The predicted molar refractivity (Wildman–Crippen MR) is 73.2 cm³/mol. The summed E-state index contributed by atoms with van der Waals surface area (Å²) in [4.78, 5) is 0. The minimum absolute atomic E-state index is 0.239. The minimum Gasteiger partial charge on any atom is -0.306 e. The fraction of sp³-hybridized carbons (Fsp3) is 0.714. The number of nitrogens with zero attached hydrogens (tertiary/aromatic N) is 3. The summed E-state index contributed by atoms with van der Waals surface area (Å²) in [5, 5.41) is 16.9. The lowest BCUT2D eigenvalue weighted by atomic mass is 10.0. The number of aromatic nitrogens is 2. The van der Waals surface area contributed by atoms with E-state index in [0.717, 1.165) is 18.7 Å². The largest absolute Gasteiger partial charge is 0.306 e. The molecule has 0 fully saturated rings. The maximum absolute atomic E-state index is 8.80. The Labute approximate surface area is 110 Å². The molecule has 2 atom stereocenters. The van der Waals surface area contributed by atoms with Gasteiger partial charge in [0, 0.05) is 29.9 Å². The third-order valence-corrected chi connectivity index (χ3v) is 3.49. The van der Waals surface area contributed by atoms with Gasteiger partial charge in [0.2, 0.25) is 0 Å². The first kappa shape index (κ1) is 14.7. The molecule has 0 radical (unpaired) electrons. The maximum atomic E-state index is 8.80. The van der Waals surface area contributed by atoms with Crippen molar-refractivity contribution < 1.29 is 0 Å². The van der Waals surface area contributed by atoms with Gasteiger partial charge in [-0.15, -0.1) is 0 Å². The molecule has 1 heterocycles. The van der Waals surface area contributed by atoms with Crippen molar-refractivity contribution in [2.45, 2.75) is 66.1 Å². The Kier molecular flexibility index (Phi) is 5.36. The van der Waals surface area contributed by atoms with E-state index in [1.165, 1.54) is 11.3 Å². The van der Waals surface area contributed by atoms with E-state index in [1.54, 1.807) is 0 Å². The lowest BCUT2D eigenvalue weighted by Crippen LogP contribution is -2.31. The Hall–Kier alpha value is -1.34. The van der Waals surface area contributed by atoms with Crippen LogP contribution >= 0.6 is 0 Å². The SMILES string of the molecule is CCC(CC#N)NC(C)c1c(C)nn(CC)c1C. The number of hydrogen-bond donors (Lipinski definition) is 1. The highest BCUT2D eigenvalue weighted by molar-refractivity contribution is 5.27. The molecule has 0 aliphatic rings. The molecular weight excluding hydrogens is 224 g/mol. The molecule has 0 aliphatic carbocycles. The van der Waals surface area contributed by atoms with Crippen LogP contribution in [0.2, 0.25) is 0 Å². The Morgan fingerprint density at radius 1 is 1.39 bits per heavy atom. The quantitative estimate of drug-likeness (QED) is 0.842. The van der Waals surface area contributed by atoms with Crippen molar-refractivity contribution in [2.75, 3.05) is 0 Å². The molecule has 4 nitrogen and oxygen atoms in total. The van der Waals surface area contributed by atoms with Gasteiger partial charge in [-0.1, -0.05) is 6.92 Å². The molecule has 0 saturated carbocycles. The van der Waals surface area contributed by atoms with Gasteiger partial charge in [-0.2, -0.15) is 10.4 Å². The van der Waals surface area contributed by atoms with E-state index in [2.05, 4.69) is 51.1 Å². The van der Waals surface area contributed by atoms with Crippen molar-refractivity contribution in [1.29, 1.82) is 5.26 Å². The van der Waals surface area contributed by atoms with Crippen molar-refractivity contribution in [3.05, 3.63) is 17.0 Å². The van der Waals surface area contributed by atoms with E-state index >= 15 is 0 Å². The minimum atomic E-state index is 0.239. The lowest BCUT2D eigenvalue weighted by molar-refractivity contribution is 0.445. The van der Waals surface area contributed by atoms with Crippen molar-refractivity contribution in [3.63, 3.8) is 0 Å². The van der Waals surface area contributed by atoms with E-state index in [9.17, 15) is 0 Å². The Balaban J connectivity index is 2.87. The number of nitrogens with one attached hydrogen (secondary N) is 1. The second-order valence-electron chi connectivity index (χ2n) is 4.76. The highest BCUT2D eigenvalue weighted by atomic mass is 15.3. The second kappa shape index (κ2) is 6.55. The third-order valence-electron chi connectivity index (χ3n) is 3.49. The van der Waals surface area contributed by atoms with E-state index in [0.29, 0.717) is 6.42 Å². The maximum Gasteiger partial charge on any atom is 0.0644 e. The normalized spacial score (nSPS) is 14.2. The second-order valence-corrected chi connectivity index (χ2v) is 4.76. The highest BCUT2D eigenvalue weighted by Gasteiger charge is 2.19. The molecule has 1 aromatic rings. The lowest BCUT2D eigenvalue weighted by Gasteiger charge is -2.21. The van der Waals surface area contributed by atoms with Crippen LogP contribution in [-0.2, 0) is 6.54 Å². The van der Waals surface area contributed by atoms with E-state index in [-0.39, 0.29) is 12.1 Å².